The van der Waals surface area contributed by atoms with Crippen LogP contribution in [0.25, 0.3) is 10.8 Å². The van der Waals surface area contributed by atoms with Crippen LogP contribution in [0.2, 0.25) is 0 Å². The predicted octanol–water partition coefficient (Wildman–Crippen LogP) is 7.01. The number of hydrogen-bond donors (Lipinski definition) is 0. The molecule has 32 heavy (non-hydrogen) atoms. The van der Waals surface area contributed by atoms with E-state index in [9.17, 15) is 26.7 Å². The maximum Gasteiger partial charge on any atom is 0.422 e. The van der Waals surface area contributed by atoms with Gasteiger partial charge in [-0.2, -0.15) is 13.2 Å². The minimum Gasteiger partial charge on any atom is -0.478 e. The van der Waals surface area contributed by atoms with Gasteiger partial charge in [0, 0.05) is 5.39 Å². The summed E-state index contributed by atoms with van der Waals surface area (Å²) < 4.78 is 75.1. The van der Waals surface area contributed by atoms with Gasteiger partial charge in [-0.15, -0.1) is 0 Å². The first-order valence-corrected chi connectivity index (χ1v) is 10.1. The lowest BCUT2D eigenvalue weighted by atomic mass is 10.1. The molecule has 0 aromatic heterocycles. The first kappa shape index (κ1) is 23.5. The van der Waals surface area contributed by atoms with Crippen LogP contribution >= 0.6 is 0 Å². The lowest BCUT2D eigenvalue weighted by Crippen LogP contribution is -2.20. The van der Waals surface area contributed by atoms with E-state index in [0.717, 1.165) is 37.3 Å². The molecule has 0 unspecified atom stereocenters. The predicted molar refractivity (Wildman–Crippen MR) is 110 cm³/mol. The van der Waals surface area contributed by atoms with E-state index >= 15 is 0 Å². The molecule has 3 rings (SSSR count). The highest BCUT2D eigenvalue weighted by Crippen LogP contribution is 2.33. The van der Waals surface area contributed by atoms with E-state index in [1.54, 1.807) is 12.1 Å². The van der Waals surface area contributed by atoms with Gasteiger partial charge in [-0.3, -0.25) is 0 Å². The molecule has 0 heterocycles. The van der Waals surface area contributed by atoms with Crippen LogP contribution in [0, 0.1) is 11.6 Å². The van der Waals surface area contributed by atoms with Crippen LogP contribution in [0.5, 0.6) is 11.5 Å². The summed E-state index contributed by atoms with van der Waals surface area (Å²) in [5, 5.41) is -0.157. The Hall–Kier alpha value is -3.16. The second-order valence-electron chi connectivity index (χ2n) is 7.33. The van der Waals surface area contributed by atoms with Crippen molar-refractivity contribution in [2.45, 2.75) is 38.8 Å². The van der Waals surface area contributed by atoms with Gasteiger partial charge in [0.1, 0.15) is 5.75 Å². The highest BCUT2D eigenvalue weighted by Gasteiger charge is 2.30. The second-order valence-corrected chi connectivity index (χ2v) is 7.33. The fourth-order valence-corrected chi connectivity index (χ4v) is 3.19. The third-order valence-electron chi connectivity index (χ3n) is 4.81. The van der Waals surface area contributed by atoms with Crippen LogP contribution < -0.4 is 9.47 Å². The first-order valence-electron chi connectivity index (χ1n) is 10.1. The summed E-state index contributed by atoms with van der Waals surface area (Å²) in [7, 11) is 0. The smallest absolute Gasteiger partial charge is 0.422 e. The Morgan fingerprint density at radius 3 is 2.34 bits per heavy atom. The molecule has 3 nitrogen and oxygen atoms in total. The Morgan fingerprint density at radius 1 is 0.969 bits per heavy atom. The van der Waals surface area contributed by atoms with Crippen molar-refractivity contribution in [3.05, 3.63) is 71.3 Å². The number of halogens is 5. The summed E-state index contributed by atoms with van der Waals surface area (Å²) in [5.74, 6) is -4.27. The second kappa shape index (κ2) is 9.97. The van der Waals surface area contributed by atoms with Crippen molar-refractivity contribution in [1.82, 2.24) is 0 Å². The quantitative estimate of drug-likeness (QED) is 0.160. The first-order chi connectivity index (χ1) is 15.2. The molecule has 0 saturated heterocycles. The largest absolute Gasteiger partial charge is 0.478 e. The SMILES string of the molecule is CCCCCc1ccc(C(=O)Oc2ccc3c(F)c(OCC(F)(F)F)c(F)cc3c2)cc1. The average Bonchev–Trinajstić information content (AvgIpc) is 2.73. The molecule has 0 aliphatic heterocycles. The zero-order valence-electron chi connectivity index (χ0n) is 17.3. The maximum absolute atomic E-state index is 14.5. The maximum atomic E-state index is 14.5. The fraction of sp³-hybridized carbons (Fsp3) is 0.292. The summed E-state index contributed by atoms with van der Waals surface area (Å²) >= 11 is 0. The number of unbranched alkanes of at least 4 members (excludes halogenated alkanes) is 2. The number of hydrogen-bond acceptors (Lipinski definition) is 3. The zero-order chi connectivity index (χ0) is 23.3. The number of carbonyl (C=O) groups excluding carboxylic acids is 1. The van der Waals surface area contributed by atoms with Crippen LogP contribution in [0.3, 0.4) is 0 Å². The van der Waals surface area contributed by atoms with E-state index in [4.69, 9.17) is 4.74 Å². The van der Waals surface area contributed by atoms with Crippen molar-refractivity contribution in [3.8, 4) is 11.5 Å². The number of aryl methyl sites for hydroxylation is 1. The summed E-state index contributed by atoms with van der Waals surface area (Å²) in [6.07, 6.45) is -0.512. The monoisotopic (exact) mass is 452 g/mol. The van der Waals surface area contributed by atoms with Crippen molar-refractivity contribution in [2.75, 3.05) is 6.61 Å². The summed E-state index contributed by atoms with van der Waals surface area (Å²) in [4.78, 5) is 12.4. The van der Waals surface area contributed by atoms with Crippen molar-refractivity contribution in [1.29, 1.82) is 0 Å². The van der Waals surface area contributed by atoms with E-state index in [1.807, 2.05) is 12.1 Å². The molecule has 0 atom stereocenters. The number of carbonyl (C=O) groups is 1. The van der Waals surface area contributed by atoms with Gasteiger partial charge in [0.15, 0.2) is 24.0 Å². The highest BCUT2D eigenvalue weighted by atomic mass is 19.4. The van der Waals surface area contributed by atoms with Crippen LogP contribution in [0.15, 0.2) is 48.5 Å². The van der Waals surface area contributed by atoms with Crippen LogP contribution in [-0.4, -0.2) is 18.8 Å². The van der Waals surface area contributed by atoms with E-state index in [1.165, 1.54) is 18.2 Å². The number of fused-ring (bicyclic) bond motifs is 1. The van der Waals surface area contributed by atoms with E-state index < -0.39 is 36.1 Å². The van der Waals surface area contributed by atoms with Gasteiger partial charge in [0.2, 0.25) is 0 Å². The number of ether oxygens (including phenoxy) is 2. The van der Waals surface area contributed by atoms with Crippen LogP contribution in [-0.2, 0) is 6.42 Å². The topological polar surface area (TPSA) is 35.5 Å². The molecule has 0 aliphatic carbocycles. The lowest BCUT2D eigenvalue weighted by molar-refractivity contribution is -0.154. The van der Waals surface area contributed by atoms with Gasteiger partial charge >= 0.3 is 12.1 Å². The summed E-state index contributed by atoms with van der Waals surface area (Å²) in [5.41, 5.74) is 1.42. The molecule has 8 heteroatoms. The van der Waals surface area contributed by atoms with Gasteiger partial charge in [0.05, 0.1) is 5.56 Å². The van der Waals surface area contributed by atoms with Crippen LogP contribution in [0.1, 0.15) is 42.1 Å². The minimum absolute atomic E-state index is 0.0101. The minimum atomic E-state index is -4.74. The third-order valence-corrected chi connectivity index (χ3v) is 4.81. The Balaban J connectivity index is 1.75. The molecule has 3 aromatic carbocycles. The number of alkyl halides is 3. The highest BCUT2D eigenvalue weighted by molar-refractivity contribution is 5.92. The Kier molecular flexibility index (Phi) is 7.33. The molecule has 0 aliphatic rings. The standard InChI is InChI=1S/C24H21F5O3/c1-2-3-4-5-15-6-8-16(9-7-15)23(30)32-18-10-11-19-17(12-18)13-20(25)22(21(19)26)31-14-24(27,28)29/h6-13H,2-5,14H2,1H3. The molecular weight excluding hydrogens is 431 g/mol. The molecule has 0 spiro atoms. The summed E-state index contributed by atoms with van der Waals surface area (Å²) in [6.45, 7) is 0.300. The number of benzene rings is 3. The molecule has 170 valence electrons. The number of esters is 1. The molecule has 0 bridgehead atoms. The van der Waals surface area contributed by atoms with Gasteiger partial charge in [-0.05, 0) is 60.2 Å². The van der Waals surface area contributed by atoms with Gasteiger partial charge in [-0.25, -0.2) is 13.6 Å². The van der Waals surface area contributed by atoms with Crippen molar-refractivity contribution < 1.29 is 36.2 Å². The van der Waals surface area contributed by atoms with Gasteiger partial charge < -0.3 is 9.47 Å². The fourth-order valence-electron chi connectivity index (χ4n) is 3.19. The van der Waals surface area contributed by atoms with Gasteiger partial charge in [-0.1, -0.05) is 31.9 Å². The van der Waals surface area contributed by atoms with Crippen LogP contribution in [0.4, 0.5) is 22.0 Å². The molecule has 0 N–H and O–H groups in total. The molecule has 0 saturated carbocycles. The average molecular weight is 452 g/mol. The third kappa shape index (κ3) is 5.96. The molecule has 0 radical (unpaired) electrons. The molecule has 3 aromatic rings. The Labute approximate surface area is 181 Å². The Morgan fingerprint density at radius 2 is 1.69 bits per heavy atom. The summed E-state index contributed by atoms with van der Waals surface area (Å²) in [6, 6.07) is 11.5. The number of rotatable bonds is 8. The van der Waals surface area contributed by atoms with Crippen molar-refractivity contribution in [3.63, 3.8) is 0 Å². The molecule has 0 amide bonds. The van der Waals surface area contributed by atoms with Gasteiger partial charge in [0.25, 0.3) is 0 Å². The Bertz CT molecular complexity index is 1090. The van der Waals surface area contributed by atoms with Crippen molar-refractivity contribution in [2.24, 2.45) is 0 Å². The van der Waals surface area contributed by atoms with E-state index in [0.29, 0.717) is 5.56 Å². The lowest BCUT2D eigenvalue weighted by Gasteiger charge is -2.13. The van der Waals surface area contributed by atoms with Crippen molar-refractivity contribution >= 4 is 16.7 Å². The molecular formula is C24H21F5O3. The zero-order valence-corrected chi connectivity index (χ0v) is 17.3. The van der Waals surface area contributed by atoms with E-state index in [-0.39, 0.29) is 16.5 Å². The molecule has 0 fully saturated rings. The van der Waals surface area contributed by atoms with E-state index in [2.05, 4.69) is 11.7 Å². The normalized spacial score (nSPS) is 11.6.